The number of likely N-dealkylation sites (tertiary alicyclic amines) is 1. The van der Waals surface area contributed by atoms with E-state index in [2.05, 4.69) is 28.8 Å². The number of aromatic nitrogens is 1. The lowest BCUT2D eigenvalue weighted by Crippen LogP contribution is -2.51. The van der Waals surface area contributed by atoms with E-state index in [-0.39, 0.29) is 18.1 Å². The lowest BCUT2D eigenvalue weighted by Gasteiger charge is -2.38. The Balaban J connectivity index is 1.61. The molecular formula is C18H29N3O3. The number of hydrogen-bond donors (Lipinski definition) is 0. The average molecular weight is 335 g/mol. The first kappa shape index (κ1) is 17.4. The summed E-state index contributed by atoms with van der Waals surface area (Å²) in [5.41, 5.74) is 1.77. The van der Waals surface area contributed by atoms with Crippen LogP contribution in [0.1, 0.15) is 43.7 Å². The monoisotopic (exact) mass is 335 g/mol. The van der Waals surface area contributed by atoms with Gasteiger partial charge in [0.05, 0.1) is 24.3 Å². The van der Waals surface area contributed by atoms with Gasteiger partial charge in [0.15, 0.2) is 0 Å². The van der Waals surface area contributed by atoms with Crippen LogP contribution < -0.4 is 0 Å². The lowest BCUT2D eigenvalue weighted by molar-refractivity contribution is -0.132. The first-order chi connectivity index (χ1) is 11.4. The van der Waals surface area contributed by atoms with E-state index in [0.717, 1.165) is 56.0 Å². The molecule has 0 radical (unpaired) electrons. The summed E-state index contributed by atoms with van der Waals surface area (Å²) in [5.74, 6) is 0.952. The maximum Gasteiger partial charge on any atom is 0.227 e. The Morgan fingerprint density at radius 1 is 1.25 bits per heavy atom. The van der Waals surface area contributed by atoms with Crippen molar-refractivity contribution in [3.63, 3.8) is 0 Å². The molecular weight excluding hydrogens is 306 g/mol. The van der Waals surface area contributed by atoms with E-state index < -0.39 is 0 Å². The molecule has 0 spiro atoms. The van der Waals surface area contributed by atoms with E-state index in [4.69, 9.17) is 9.26 Å². The van der Waals surface area contributed by atoms with Gasteiger partial charge in [0, 0.05) is 37.8 Å². The van der Waals surface area contributed by atoms with E-state index in [1.807, 2.05) is 13.8 Å². The first-order valence-electron chi connectivity index (χ1n) is 9.03. The molecule has 24 heavy (non-hydrogen) atoms. The van der Waals surface area contributed by atoms with Crippen molar-refractivity contribution in [1.82, 2.24) is 15.0 Å². The van der Waals surface area contributed by atoms with Gasteiger partial charge in [0.1, 0.15) is 5.76 Å². The molecule has 1 aromatic heterocycles. The summed E-state index contributed by atoms with van der Waals surface area (Å²) in [5, 5.41) is 3.96. The standard InChI is InChI=1S/C18H29N3O3/c1-12-9-20(10-13(2)23-12)11-16-6-5-7-21(16)18(22)8-17-14(3)19-24-15(17)4/h12-13,16H,5-11H2,1-4H3. The smallest absolute Gasteiger partial charge is 0.227 e. The third-order valence-corrected chi connectivity index (χ3v) is 5.17. The van der Waals surface area contributed by atoms with Gasteiger partial charge in [-0.3, -0.25) is 9.69 Å². The van der Waals surface area contributed by atoms with Crippen LogP contribution in [0.15, 0.2) is 4.52 Å². The minimum Gasteiger partial charge on any atom is -0.373 e. The van der Waals surface area contributed by atoms with Crippen LogP contribution in [0.5, 0.6) is 0 Å². The molecule has 6 heteroatoms. The van der Waals surface area contributed by atoms with Gasteiger partial charge in [-0.2, -0.15) is 0 Å². The number of ether oxygens (including phenoxy) is 1. The zero-order valence-electron chi connectivity index (χ0n) is 15.2. The number of hydrogen-bond acceptors (Lipinski definition) is 5. The molecule has 0 bridgehead atoms. The van der Waals surface area contributed by atoms with Crippen LogP contribution >= 0.6 is 0 Å². The Morgan fingerprint density at radius 3 is 2.58 bits per heavy atom. The molecule has 3 heterocycles. The quantitative estimate of drug-likeness (QED) is 0.841. The second kappa shape index (κ2) is 7.23. The minimum atomic E-state index is 0.196. The highest BCUT2D eigenvalue weighted by molar-refractivity contribution is 5.79. The molecule has 6 nitrogen and oxygen atoms in total. The van der Waals surface area contributed by atoms with Crippen molar-refractivity contribution in [1.29, 1.82) is 0 Å². The highest BCUT2D eigenvalue weighted by Gasteiger charge is 2.32. The normalized spacial score (nSPS) is 28.5. The van der Waals surface area contributed by atoms with Crippen molar-refractivity contribution in [2.45, 2.75) is 65.2 Å². The van der Waals surface area contributed by atoms with Crippen LogP contribution in [0.25, 0.3) is 0 Å². The zero-order chi connectivity index (χ0) is 17.3. The fourth-order valence-corrected chi connectivity index (χ4v) is 4.09. The Morgan fingerprint density at radius 2 is 1.96 bits per heavy atom. The van der Waals surface area contributed by atoms with E-state index in [0.29, 0.717) is 12.5 Å². The van der Waals surface area contributed by atoms with Crippen molar-refractivity contribution >= 4 is 5.91 Å². The van der Waals surface area contributed by atoms with E-state index in [1.54, 1.807) is 0 Å². The number of morpholine rings is 1. The van der Waals surface area contributed by atoms with E-state index >= 15 is 0 Å². The second-order valence-corrected chi connectivity index (χ2v) is 7.34. The van der Waals surface area contributed by atoms with Crippen molar-refractivity contribution < 1.29 is 14.1 Å². The number of aryl methyl sites for hydroxylation is 2. The maximum absolute atomic E-state index is 12.8. The van der Waals surface area contributed by atoms with Crippen LogP contribution in [0.3, 0.4) is 0 Å². The van der Waals surface area contributed by atoms with Gasteiger partial charge in [0.25, 0.3) is 0 Å². The number of carbonyl (C=O) groups is 1. The highest BCUT2D eigenvalue weighted by Crippen LogP contribution is 2.23. The third kappa shape index (κ3) is 3.81. The van der Waals surface area contributed by atoms with E-state index in [1.165, 1.54) is 0 Å². The third-order valence-electron chi connectivity index (χ3n) is 5.17. The van der Waals surface area contributed by atoms with Gasteiger partial charge in [-0.25, -0.2) is 0 Å². The topological polar surface area (TPSA) is 58.8 Å². The fraction of sp³-hybridized carbons (Fsp3) is 0.778. The Hall–Kier alpha value is -1.40. The van der Waals surface area contributed by atoms with Gasteiger partial charge in [-0.1, -0.05) is 5.16 Å². The predicted molar refractivity (Wildman–Crippen MR) is 90.9 cm³/mol. The zero-order valence-corrected chi connectivity index (χ0v) is 15.2. The van der Waals surface area contributed by atoms with Crippen molar-refractivity contribution in [2.75, 3.05) is 26.2 Å². The van der Waals surface area contributed by atoms with Crippen LogP contribution in [-0.4, -0.2) is 65.3 Å². The van der Waals surface area contributed by atoms with Crippen LogP contribution in [0.4, 0.5) is 0 Å². The molecule has 2 aliphatic heterocycles. The summed E-state index contributed by atoms with van der Waals surface area (Å²) in [7, 11) is 0. The van der Waals surface area contributed by atoms with Gasteiger partial charge >= 0.3 is 0 Å². The molecule has 3 rings (SSSR count). The fourth-order valence-electron chi connectivity index (χ4n) is 4.09. The van der Waals surface area contributed by atoms with Crippen molar-refractivity contribution in [3.8, 4) is 0 Å². The number of amides is 1. The Labute approximate surface area is 144 Å². The maximum atomic E-state index is 12.8. The molecule has 2 fully saturated rings. The summed E-state index contributed by atoms with van der Waals surface area (Å²) in [4.78, 5) is 17.3. The summed E-state index contributed by atoms with van der Waals surface area (Å²) in [6.07, 6.45) is 3.11. The van der Waals surface area contributed by atoms with Crippen molar-refractivity contribution in [3.05, 3.63) is 17.0 Å². The molecule has 3 unspecified atom stereocenters. The Kier molecular flexibility index (Phi) is 5.25. The Bertz CT molecular complexity index is 557. The van der Waals surface area contributed by atoms with Crippen LogP contribution in [-0.2, 0) is 16.0 Å². The molecule has 1 aromatic rings. The summed E-state index contributed by atoms with van der Waals surface area (Å²) >= 11 is 0. The van der Waals surface area contributed by atoms with Gasteiger partial charge < -0.3 is 14.2 Å². The molecule has 2 aliphatic rings. The van der Waals surface area contributed by atoms with Crippen molar-refractivity contribution in [2.24, 2.45) is 0 Å². The van der Waals surface area contributed by atoms with Crippen LogP contribution in [0.2, 0.25) is 0 Å². The summed E-state index contributed by atoms with van der Waals surface area (Å²) in [6.45, 7) is 11.7. The SMILES string of the molecule is Cc1noc(C)c1CC(=O)N1CCCC1CN1CC(C)OC(C)C1. The highest BCUT2D eigenvalue weighted by atomic mass is 16.5. The molecule has 2 saturated heterocycles. The first-order valence-corrected chi connectivity index (χ1v) is 9.03. The molecule has 0 aliphatic carbocycles. The summed E-state index contributed by atoms with van der Waals surface area (Å²) < 4.78 is 11.0. The molecule has 3 atom stereocenters. The second-order valence-electron chi connectivity index (χ2n) is 7.34. The van der Waals surface area contributed by atoms with Crippen LogP contribution in [0, 0.1) is 13.8 Å². The molecule has 0 N–H and O–H groups in total. The number of rotatable bonds is 4. The molecule has 0 saturated carbocycles. The largest absolute Gasteiger partial charge is 0.373 e. The van der Waals surface area contributed by atoms with Gasteiger partial charge in [0.2, 0.25) is 5.91 Å². The number of carbonyl (C=O) groups excluding carboxylic acids is 1. The molecule has 134 valence electrons. The lowest BCUT2D eigenvalue weighted by atomic mass is 10.1. The van der Waals surface area contributed by atoms with E-state index in [9.17, 15) is 4.79 Å². The molecule has 1 amide bonds. The predicted octanol–water partition coefficient (Wildman–Crippen LogP) is 1.93. The average Bonchev–Trinajstić information content (AvgIpc) is 3.08. The minimum absolute atomic E-state index is 0.196. The molecule has 0 aromatic carbocycles. The van der Waals surface area contributed by atoms with Gasteiger partial charge in [-0.05, 0) is 40.5 Å². The van der Waals surface area contributed by atoms with Gasteiger partial charge in [-0.15, -0.1) is 0 Å². The number of nitrogens with zero attached hydrogens (tertiary/aromatic N) is 3. The summed E-state index contributed by atoms with van der Waals surface area (Å²) in [6, 6.07) is 0.315.